The van der Waals surface area contributed by atoms with Gasteiger partial charge in [-0.05, 0) is 46.6 Å². The largest absolute Gasteiger partial charge is 0.263 e. The average Bonchev–Trinajstić information content (AvgIpc) is 2.69. The van der Waals surface area contributed by atoms with Crippen molar-refractivity contribution in [2.75, 3.05) is 0 Å². The Labute approximate surface area is 140 Å². The van der Waals surface area contributed by atoms with E-state index in [0.29, 0.717) is 0 Å². The number of pyridine rings is 1. The van der Waals surface area contributed by atoms with Crippen molar-refractivity contribution in [3.05, 3.63) is 52.5 Å². The van der Waals surface area contributed by atoms with Crippen LogP contribution in [0.5, 0.6) is 0 Å². The molecule has 0 bridgehead atoms. The van der Waals surface area contributed by atoms with Gasteiger partial charge in [-0.25, -0.2) is 9.37 Å². The quantitative estimate of drug-likeness (QED) is 0.450. The Balaban J connectivity index is 2.40. The number of nitrogens with zero attached hydrogens (tertiary/aromatic N) is 2. The molecule has 1 aromatic carbocycles. The first-order valence-electron chi connectivity index (χ1n) is 5.83. The molecule has 0 fully saturated rings. The van der Waals surface area contributed by atoms with E-state index in [2.05, 4.69) is 46.1 Å². The summed E-state index contributed by atoms with van der Waals surface area (Å²) in [6.45, 7) is 2.03. The number of rotatable bonds is 2. The van der Waals surface area contributed by atoms with E-state index in [9.17, 15) is 4.39 Å². The standard InChI is InChI=1S/C14H9BrFIN2S/c1-8-13(9-3-2-4-11(16)5-9)12-6-10(15)7-18-14(12)19(8)20-17/h2-7H,1H3. The van der Waals surface area contributed by atoms with E-state index in [0.717, 1.165) is 32.3 Å². The third-order valence-electron chi connectivity index (χ3n) is 3.14. The lowest BCUT2D eigenvalue weighted by molar-refractivity contribution is 0.628. The zero-order chi connectivity index (χ0) is 14.3. The van der Waals surface area contributed by atoms with Crippen LogP contribution >= 0.6 is 46.3 Å². The molecule has 0 saturated heterocycles. The van der Waals surface area contributed by atoms with Crippen LogP contribution in [0, 0.1) is 12.7 Å². The Bertz CT molecular complexity index is 803. The highest BCUT2D eigenvalue weighted by molar-refractivity contribution is 14.2. The lowest BCUT2D eigenvalue weighted by Gasteiger charge is -2.03. The molecule has 0 saturated carbocycles. The van der Waals surface area contributed by atoms with Gasteiger partial charge in [-0.2, -0.15) is 0 Å². The van der Waals surface area contributed by atoms with Gasteiger partial charge in [0.05, 0.1) is 0 Å². The summed E-state index contributed by atoms with van der Waals surface area (Å²) in [6, 6.07) is 8.70. The van der Waals surface area contributed by atoms with Crippen LogP contribution < -0.4 is 0 Å². The van der Waals surface area contributed by atoms with E-state index in [-0.39, 0.29) is 5.82 Å². The third-order valence-corrected chi connectivity index (χ3v) is 5.34. The molecule has 0 spiro atoms. The number of benzene rings is 1. The molecular weight excluding hydrogens is 454 g/mol. The topological polar surface area (TPSA) is 17.8 Å². The first-order chi connectivity index (χ1) is 9.61. The van der Waals surface area contributed by atoms with Crippen molar-refractivity contribution in [3.8, 4) is 11.1 Å². The summed E-state index contributed by atoms with van der Waals surface area (Å²) in [5, 5.41) is 1.02. The second-order valence-electron chi connectivity index (χ2n) is 4.36. The van der Waals surface area contributed by atoms with Crippen LogP contribution in [0.1, 0.15) is 5.69 Å². The SMILES string of the molecule is Cc1c(-c2cccc(F)c2)c2cc(Br)cnc2n1SI. The second kappa shape index (κ2) is 5.65. The number of hydrogen-bond acceptors (Lipinski definition) is 2. The average molecular weight is 463 g/mol. The van der Waals surface area contributed by atoms with E-state index < -0.39 is 0 Å². The molecule has 0 aliphatic heterocycles. The molecule has 3 rings (SSSR count). The fourth-order valence-electron chi connectivity index (χ4n) is 2.33. The summed E-state index contributed by atoms with van der Waals surface area (Å²) >= 11 is 5.68. The van der Waals surface area contributed by atoms with Gasteiger partial charge in [0, 0.05) is 57.6 Å². The molecule has 2 heterocycles. The minimum atomic E-state index is -0.229. The number of halogens is 3. The van der Waals surface area contributed by atoms with Gasteiger partial charge in [0.15, 0.2) is 5.65 Å². The highest BCUT2D eigenvalue weighted by Crippen LogP contribution is 2.38. The number of fused-ring (bicyclic) bond motifs is 1. The molecule has 0 atom stereocenters. The van der Waals surface area contributed by atoms with Crippen LogP contribution in [0.4, 0.5) is 4.39 Å². The molecule has 0 aliphatic rings. The monoisotopic (exact) mass is 462 g/mol. The predicted octanol–water partition coefficient (Wildman–Crippen LogP) is 5.76. The maximum absolute atomic E-state index is 13.5. The minimum Gasteiger partial charge on any atom is -0.263 e. The fraction of sp³-hybridized carbons (Fsp3) is 0.0714. The van der Waals surface area contributed by atoms with E-state index in [1.165, 1.54) is 6.07 Å². The fourth-order valence-corrected chi connectivity index (χ4v) is 4.51. The normalized spacial score (nSPS) is 11.2. The van der Waals surface area contributed by atoms with Crippen LogP contribution in [-0.4, -0.2) is 8.96 Å². The summed E-state index contributed by atoms with van der Waals surface area (Å²) in [5.41, 5.74) is 3.86. The molecule has 0 aliphatic carbocycles. The molecule has 2 nitrogen and oxygen atoms in total. The molecule has 0 unspecified atom stereocenters. The molecule has 6 heteroatoms. The van der Waals surface area contributed by atoms with Crippen molar-refractivity contribution in [2.45, 2.75) is 6.92 Å². The van der Waals surface area contributed by atoms with E-state index >= 15 is 0 Å². The molecule has 0 N–H and O–H groups in total. The lowest BCUT2D eigenvalue weighted by atomic mass is 10.0. The summed E-state index contributed by atoms with van der Waals surface area (Å²) < 4.78 is 16.5. The first-order valence-corrected chi connectivity index (χ1v) is 9.94. The highest BCUT2D eigenvalue weighted by atomic mass is 127. The Morgan fingerprint density at radius 2 is 2.15 bits per heavy atom. The summed E-state index contributed by atoms with van der Waals surface area (Å²) in [5.74, 6) is -0.229. The Morgan fingerprint density at radius 1 is 1.35 bits per heavy atom. The lowest BCUT2D eigenvalue weighted by Crippen LogP contribution is -1.88. The maximum Gasteiger partial charge on any atom is 0.151 e. The van der Waals surface area contributed by atoms with Crippen molar-refractivity contribution in [2.24, 2.45) is 0 Å². The van der Waals surface area contributed by atoms with E-state index in [1.54, 1.807) is 27.4 Å². The van der Waals surface area contributed by atoms with Crippen molar-refractivity contribution >= 4 is 57.3 Å². The van der Waals surface area contributed by atoms with Crippen molar-refractivity contribution in [3.63, 3.8) is 0 Å². The Kier molecular flexibility index (Phi) is 4.05. The van der Waals surface area contributed by atoms with Crippen molar-refractivity contribution < 1.29 is 4.39 Å². The van der Waals surface area contributed by atoms with Crippen molar-refractivity contribution in [1.29, 1.82) is 0 Å². The third kappa shape index (κ3) is 2.37. The van der Waals surface area contributed by atoms with Crippen LogP contribution in [0.25, 0.3) is 22.2 Å². The van der Waals surface area contributed by atoms with Crippen molar-refractivity contribution in [1.82, 2.24) is 8.96 Å². The highest BCUT2D eigenvalue weighted by Gasteiger charge is 2.17. The van der Waals surface area contributed by atoms with Gasteiger partial charge in [0.25, 0.3) is 0 Å². The molecule has 2 aromatic heterocycles. The maximum atomic E-state index is 13.5. The summed E-state index contributed by atoms with van der Waals surface area (Å²) in [6.07, 6.45) is 1.78. The van der Waals surface area contributed by atoms with Gasteiger partial charge in [-0.3, -0.25) is 3.97 Å². The van der Waals surface area contributed by atoms with Crippen LogP contribution in [0.2, 0.25) is 0 Å². The molecular formula is C14H9BrFIN2S. The van der Waals surface area contributed by atoms with Gasteiger partial charge in [-0.1, -0.05) is 12.1 Å². The Morgan fingerprint density at radius 3 is 2.85 bits per heavy atom. The predicted molar refractivity (Wildman–Crippen MR) is 94.6 cm³/mol. The van der Waals surface area contributed by atoms with Crippen LogP contribution in [-0.2, 0) is 0 Å². The van der Waals surface area contributed by atoms with Gasteiger partial charge < -0.3 is 0 Å². The van der Waals surface area contributed by atoms with Gasteiger partial charge >= 0.3 is 0 Å². The summed E-state index contributed by atoms with van der Waals surface area (Å²) in [4.78, 5) is 4.48. The minimum absolute atomic E-state index is 0.229. The summed E-state index contributed by atoms with van der Waals surface area (Å²) in [7, 11) is 1.57. The molecule has 0 amide bonds. The molecule has 20 heavy (non-hydrogen) atoms. The zero-order valence-electron chi connectivity index (χ0n) is 10.4. The van der Waals surface area contributed by atoms with Crippen LogP contribution in [0.15, 0.2) is 41.0 Å². The number of aromatic nitrogens is 2. The van der Waals surface area contributed by atoms with E-state index in [4.69, 9.17) is 0 Å². The van der Waals surface area contributed by atoms with Gasteiger partial charge in [0.1, 0.15) is 5.82 Å². The molecule has 102 valence electrons. The van der Waals surface area contributed by atoms with E-state index in [1.807, 2.05) is 19.1 Å². The number of hydrogen-bond donors (Lipinski definition) is 0. The second-order valence-corrected chi connectivity index (χ2v) is 6.96. The zero-order valence-corrected chi connectivity index (χ0v) is 15.0. The molecule has 0 radical (unpaired) electrons. The smallest absolute Gasteiger partial charge is 0.151 e. The first kappa shape index (κ1) is 14.3. The molecule has 3 aromatic rings. The van der Waals surface area contributed by atoms with Gasteiger partial charge in [-0.15, -0.1) is 0 Å². The van der Waals surface area contributed by atoms with Gasteiger partial charge in [0.2, 0.25) is 0 Å². The Hall–Kier alpha value is -0.600. The van der Waals surface area contributed by atoms with Crippen LogP contribution in [0.3, 0.4) is 0 Å².